The average Bonchev–Trinajstić information content (AvgIpc) is 3.11. The maximum absolute atomic E-state index is 13.4. The average molecular weight is 428 g/mol. The topological polar surface area (TPSA) is 74.2 Å². The van der Waals surface area contributed by atoms with Crippen molar-refractivity contribution in [3.05, 3.63) is 51.7 Å². The van der Waals surface area contributed by atoms with E-state index < -0.39 is 0 Å². The van der Waals surface area contributed by atoms with Gasteiger partial charge < -0.3 is 15.4 Å². The minimum absolute atomic E-state index is 0.0982. The van der Waals surface area contributed by atoms with Crippen LogP contribution in [0.25, 0.3) is 0 Å². The zero-order valence-corrected chi connectivity index (χ0v) is 17.7. The number of anilines is 1. The van der Waals surface area contributed by atoms with Crippen molar-refractivity contribution < 1.29 is 13.9 Å². The highest BCUT2D eigenvalue weighted by Crippen LogP contribution is 2.37. The van der Waals surface area contributed by atoms with E-state index in [1.165, 1.54) is 17.0 Å². The molecule has 5 nitrogen and oxygen atoms in total. The van der Waals surface area contributed by atoms with Crippen molar-refractivity contribution in [3.8, 4) is 6.07 Å². The summed E-state index contributed by atoms with van der Waals surface area (Å²) in [6.07, 6.45) is 6.02. The number of benzene rings is 1. The van der Waals surface area contributed by atoms with Gasteiger partial charge in [0, 0.05) is 36.6 Å². The minimum atomic E-state index is -0.313. The van der Waals surface area contributed by atoms with Crippen LogP contribution in [-0.4, -0.2) is 25.7 Å². The first-order chi connectivity index (χ1) is 14.6. The predicted molar refractivity (Wildman–Crippen MR) is 115 cm³/mol. The lowest BCUT2D eigenvalue weighted by Gasteiger charge is -2.39. The number of hydrogen-bond acceptors (Lipinski definition) is 5. The van der Waals surface area contributed by atoms with Crippen molar-refractivity contribution in [1.82, 2.24) is 5.32 Å². The van der Waals surface area contributed by atoms with Gasteiger partial charge in [-0.25, -0.2) is 4.39 Å². The van der Waals surface area contributed by atoms with Crippen LogP contribution in [0.15, 0.2) is 24.3 Å². The van der Waals surface area contributed by atoms with Crippen LogP contribution in [0.1, 0.15) is 53.7 Å². The number of hydrogen-bond donors (Lipinski definition) is 2. The fourth-order valence-corrected chi connectivity index (χ4v) is 5.69. The number of nitriles is 1. The zero-order valence-electron chi connectivity index (χ0n) is 16.9. The Labute approximate surface area is 180 Å². The molecule has 1 amide bonds. The molecule has 1 saturated heterocycles. The number of halogens is 1. The molecule has 1 fully saturated rings. The Morgan fingerprint density at radius 1 is 1.20 bits per heavy atom. The van der Waals surface area contributed by atoms with E-state index in [4.69, 9.17) is 4.74 Å². The predicted octanol–water partition coefficient (Wildman–Crippen LogP) is 4.26. The molecular weight excluding hydrogens is 401 g/mol. The van der Waals surface area contributed by atoms with Gasteiger partial charge in [-0.05, 0) is 61.8 Å². The van der Waals surface area contributed by atoms with Crippen LogP contribution >= 0.6 is 11.3 Å². The van der Waals surface area contributed by atoms with E-state index in [2.05, 4.69) is 16.7 Å². The number of carbonyl (C=O) groups excluding carboxylic acids is 1. The highest BCUT2D eigenvalue weighted by molar-refractivity contribution is 7.16. The molecule has 4 rings (SSSR count). The number of aryl methyl sites for hydroxylation is 1. The van der Waals surface area contributed by atoms with E-state index in [9.17, 15) is 14.4 Å². The molecule has 1 aromatic carbocycles. The summed E-state index contributed by atoms with van der Waals surface area (Å²) in [7, 11) is 0. The van der Waals surface area contributed by atoms with Crippen LogP contribution in [0.4, 0.5) is 9.39 Å². The fourth-order valence-electron chi connectivity index (χ4n) is 4.43. The summed E-state index contributed by atoms with van der Waals surface area (Å²) in [5.41, 5.74) is 2.47. The maximum Gasteiger partial charge on any atom is 0.226 e. The molecule has 1 aliphatic carbocycles. The van der Waals surface area contributed by atoms with Crippen molar-refractivity contribution in [3.63, 3.8) is 0 Å². The molecule has 2 N–H and O–H groups in total. The number of thiophene rings is 1. The molecule has 158 valence electrons. The third kappa shape index (κ3) is 4.41. The summed E-state index contributed by atoms with van der Waals surface area (Å²) in [4.78, 5) is 13.8. The van der Waals surface area contributed by atoms with Gasteiger partial charge in [-0.1, -0.05) is 12.1 Å². The first-order valence-corrected chi connectivity index (χ1v) is 11.4. The molecule has 0 unspecified atom stereocenters. The van der Waals surface area contributed by atoms with Crippen LogP contribution < -0.4 is 10.6 Å². The summed E-state index contributed by atoms with van der Waals surface area (Å²) in [5.74, 6) is -0.355. The van der Waals surface area contributed by atoms with Gasteiger partial charge in [0.2, 0.25) is 5.91 Å². The molecule has 0 bridgehead atoms. The van der Waals surface area contributed by atoms with E-state index in [1.54, 1.807) is 11.3 Å². The Morgan fingerprint density at radius 2 is 1.93 bits per heavy atom. The Kier molecular flexibility index (Phi) is 6.47. The van der Waals surface area contributed by atoms with Crippen molar-refractivity contribution >= 4 is 22.2 Å². The van der Waals surface area contributed by atoms with E-state index in [-0.39, 0.29) is 17.3 Å². The second kappa shape index (κ2) is 9.25. The molecule has 2 aliphatic rings. The van der Waals surface area contributed by atoms with Gasteiger partial charge in [-0.2, -0.15) is 5.26 Å². The van der Waals surface area contributed by atoms with Crippen LogP contribution in [-0.2, 0) is 27.9 Å². The van der Waals surface area contributed by atoms with E-state index >= 15 is 0 Å². The lowest BCUT2D eigenvalue weighted by Crippen LogP contribution is -2.47. The third-order valence-corrected chi connectivity index (χ3v) is 7.30. The molecule has 0 atom stereocenters. The van der Waals surface area contributed by atoms with Gasteiger partial charge in [-0.3, -0.25) is 4.79 Å². The Bertz CT molecular complexity index is 943. The number of carbonyl (C=O) groups is 1. The lowest BCUT2D eigenvalue weighted by molar-refractivity contribution is -0.116. The van der Waals surface area contributed by atoms with Gasteiger partial charge >= 0.3 is 0 Å². The van der Waals surface area contributed by atoms with Crippen LogP contribution in [0.3, 0.4) is 0 Å². The molecule has 30 heavy (non-hydrogen) atoms. The van der Waals surface area contributed by atoms with Gasteiger partial charge in [0.15, 0.2) is 0 Å². The highest BCUT2D eigenvalue weighted by Gasteiger charge is 2.34. The number of amides is 1. The SMILES string of the molecule is N#Cc1c(NC(=O)CCNC2(c3ccc(F)cc3)CCOCC2)sc2c1CCCC2. The summed E-state index contributed by atoms with van der Waals surface area (Å²) in [6, 6.07) is 8.85. The Hall–Kier alpha value is -2.27. The van der Waals surface area contributed by atoms with Crippen LogP contribution in [0, 0.1) is 17.1 Å². The normalized spacial score (nSPS) is 17.7. The van der Waals surface area contributed by atoms with E-state index in [0.717, 1.165) is 49.7 Å². The van der Waals surface area contributed by atoms with Gasteiger partial charge in [0.05, 0.1) is 5.56 Å². The molecule has 0 saturated carbocycles. The summed E-state index contributed by atoms with van der Waals surface area (Å²) in [6.45, 7) is 1.75. The van der Waals surface area contributed by atoms with Gasteiger partial charge in [-0.15, -0.1) is 11.3 Å². The lowest BCUT2D eigenvalue weighted by atomic mass is 9.82. The number of nitrogens with one attached hydrogen (secondary N) is 2. The van der Waals surface area contributed by atoms with E-state index in [0.29, 0.717) is 36.7 Å². The van der Waals surface area contributed by atoms with Crippen molar-refractivity contribution in [2.24, 2.45) is 0 Å². The van der Waals surface area contributed by atoms with Crippen molar-refractivity contribution in [1.29, 1.82) is 5.26 Å². The standard InChI is InChI=1S/C23H26FN3O2S/c24-17-7-5-16(6-8-17)23(10-13-29-14-11-23)26-12-9-21(28)27-22-19(15-25)18-3-1-2-4-20(18)30-22/h5-8,26H,1-4,9-14H2,(H,27,28). The van der Waals surface area contributed by atoms with E-state index in [1.807, 2.05) is 12.1 Å². The molecule has 2 aromatic rings. The van der Waals surface area contributed by atoms with Crippen molar-refractivity contribution in [2.75, 3.05) is 25.1 Å². The highest BCUT2D eigenvalue weighted by atomic mass is 32.1. The number of fused-ring (bicyclic) bond motifs is 1. The van der Waals surface area contributed by atoms with Gasteiger partial charge in [0.25, 0.3) is 0 Å². The van der Waals surface area contributed by atoms with Crippen LogP contribution in [0.5, 0.6) is 0 Å². The Morgan fingerprint density at radius 3 is 2.67 bits per heavy atom. The first-order valence-electron chi connectivity index (χ1n) is 10.5. The zero-order chi connectivity index (χ0) is 21.0. The minimum Gasteiger partial charge on any atom is -0.381 e. The molecule has 1 aliphatic heterocycles. The number of rotatable bonds is 6. The van der Waals surface area contributed by atoms with Crippen LogP contribution in [0.2, 0.25) is 0 Å². The monoisotopic (exact) mass is 427 g/mol. The second-order valence-electron chi connectivity index (χ2n) is 7.95. The third-order valence-electron chi connectivity index (χ3n) is 6.09. The molecule has 7 heteroatoms. The molecule has 0 radical (unpaired) electrons. The number of ether oxygens (including phenoxy) is 1. The Balaban J connectivity index is 1.39. The molecule has 2 heterocycles. The molecule has 1 aromatic heterocycles. The molecular formula is C23H26FN3O2S. The fraction of sp³-hybridized carbons (Fsp3) is 0.478. The van der Waals surface area contributed by atoms with Crippen molar-refractivity contribution in [2.45, 2.75) is 50.5 Å². The summed E-state index contributed by atoms with van der Waals surface area (Å²) >= 11 is 1.55. The quantitative estimate of drug-likeness (QED) is 0.722. The van der Waals surface area contributed by atoms with Gasteiger partial charge in [0.1, 0.15) is 16.9 Å². The maximum atomic E-state index is 13.4. The summed E-state index contributed by atoms with van der Waals surface area (Å²) < 4.78 is 18.9. The summed E-state index contributed by atoms with van der Waals surface area (Å²) in [5, 5.41) is 16.7. The number of nitrogens with zero attached hydrogens (tertiary/aromatic N) is 1. The molecule has 0 spiro atoms. The second-order valence-corrected chi connectivity index (χ2v) is 9.06. The first kappa shape index (κ1) is 21.0. The largest absolute Gasteiger partial charge is 0.381 e. The smallest absolute Gasteiger partial charge is 0.226 e.